The van der Waals surface area contributed by atoms with Crippen LogP contribution in [-0.4, -0.2) is 34.8 Å². The molecule has 0 saturated carbocycles. The lowest BCUT2D eigenvalue weighted by atomic mass is 10.1. The maximum atomic E-state index is 5.79. The fraction of sp³-hybridized carbons (Fsp3) is 0.727. The SMILES string of the molecule is CCN(C)C(CN)c1cnn(C(C)C)c1. The minimum absolute atomic E-state index is 0.280. The highest BCUT2D eigenvalue weighted by molar-refractivity contribution is 5.11. The molecule has 1 aromatic rings. The van der Waals surface area contributed by atoms with E-state index in [2.05, 4.69) is 44.0 Å². The summed E-state index contributed by atoms with van der Waals surface area (Å²) in [7, 11) is 2.09. The third-order valence-electron chi connectivity index (χ3n) is 2.79. The van der Waals surface area contributed by atoms with Crippen LogP contribution in [-0.2, 0) is 0 Å². The van der Waals surface area contributed by atoms with Gasteiger partial charge in [0.15, 0.2) is 0 Å². The van der Waals surface area contributed by atoms with Gasteiger partial charge < -0.3 is 5.73 Å². The molecule has 1 aromatic heterocycles. The summed E-state index contributed by atoms with van der Waals surface area (Å²) >= 11 is 0. The molecule has 1 atom stereocenters. The average molecular weight is 210 g/mol. The molecule has 0 spiro atoms. The summed E-state index contributed by atoms with van der Waals surface area (Å²) in [4.78, 5) is 2.24. The van der Waals surface area contributed by atoms with Crippen LogP contribution in [0.2, 0.25) is 0 Å². The van der Waals surface area contributed by atoms with E-state index < -0.39 is 0 Å². The lowest BCUT2D eigenvalue weighted by Crippen LogP contribution is -2.30. The summed E-state index contributed by atoms with van der Waals surface area (Å²) in [5.74, 6) is 0. The highest BCUT2D eigenvalue weighted by Crippen LogP contribution is 2.18. The predicted octanol–water partition coefficient (Wildman–Crippen LogP) is 1.42. The van der Waals surface area contributed by atoms with Crippen LogP contribution < -0.4 is 5.73 Å². The van der Waals surface area contributed by atoms with Crippen molar-refractivity contribution in [3.63, 3.8) is 0 Å². The zero-order valence-corrected chi connectivity index (χ0v) is 10.1. The van der Waals surface area contributed by atoms with E-state index in [1.54, 1.807) is 0 Å². The van der Waals surface area contributed by atoms with Gasteiger partial charge in [0.1, 0.15) is 0 Å². The van der Waals surface area contributed by atoms with Crippen molar-refractivity contribution in [1.29, 1.82) is 0 Å². The van der Waals surface area contributed by atoms with Crippen LogP contribution in [0, 0.1) is 0 Å². The highest BCUT2D eigenvalue weighted by Gasteiger charge is 2.16. The molecule has 4 heteroatoms. The van der Waals surface area contributed by atoms with Crippen molar-refractivity contribution in [2.75, 3.05) is 20.1 Å². The predicted molar refractivity (Wildman–Crippen MR) is 62.7 cm³/mol. The number of nitrogens with two attached hydrogens (primary N) is 1. The van der Waals surface area contributed by atoms with Gasteiger partial charge in [-0.25, -0.2) is 0 Å². The van der Waals surface area contributed by atoms with E-state index in [-0.39, 0.29) is 6.04 Å². The maximum absolute atomic E-state index is 5.79. The molecular formula is C11H22N4. The Kier molecular flexibility index (Phi) is 4.29. The third-order valence-corrected chi connectivity index (χ3v) is 2.79. The number of nitrogens with zero attached hydrogens (tertiary/aromatic N) is 3. The van der Waals surface area contributed by atoms with E-state index in [1.165, 1.54) is 5.56 Å². The number of rotatable bonds is 5. The van der Waals surface area contributed by atoms with Crippen LogP contribution in [0.25, 0.3) is 0 Å². The molecule has 0 aliphatic rings. The van der Waals surface area contributed by atoms with Crippen LogP contribution in [0.5, 0.6) is 0 Å². The second-order valence-electron chi connectivity index (χ2n) is 4.17. The van der Waals surface area contributed by atoms with Crippen LogP contribution in [0.3, 0.4) is 0 Å². The fourth-order valence-electron chi connectivity index (χ4n) is 1.60. The summed E-state index contributed by atoms with van der Waals surface area (Å²) < 4.78 is 1.97. The minimum Gasteiger partial charge on any atom is -0.329 e. The molecule has 4 nitrogen and oxygen atoms in total. The van der Waals surface area contributed by atoms with Gasteiger partial charge in [0.25, 0.3) is 0 Å². The normalized spacial score (nSPS) is 13.8. The molecule has 86 valence electrons. The molecule has 1 rings (SSSR count). The minimum atomic E-state index is 0.280. The van der Waals surface area contributed by atoms with Crippen molar-refractivity contribution in [2.24, 2.45) is 5.73 Å². The van der Waals surface area contributed by atoms with Gasteiger partial charge in [-0.15, -0.1) is 0 Å². The number of hydrogen-bond donors (Lipinski definition) is 1. The molecule has 0 bridgehead atoms. The second-order valence-corrected chi connectivity index (χ2v) is 4.17. The van der Waals surface area contributed by atoms with Crippen LogP contribution >= 0.6 is 0 Å². The largest absolute Gasteiger partial charge is 0.329 e. The van der Waals surface area contributed by atoms with E-state index >= 15 is 0 Å². The van der Waals surface area contributed by atoms with Crippen LogP contribution in [0.15, 0.2) is 12.4 Å². The molecule has 0 aromatic carbocycles. The van der Waals surface area contributed by atoms with E-state index in [9.17, 15) is 0 Å². The van der Waals surface area contributed by atoms with Gasteiger partial charge in [-0.2, -0.15) is 5.10 Å². The monoisotopic (exact) mass is 210 g/mol. The smallest absolute Gasteiger partial charge is 0.0538 e. The van der Waals surface area contributed by atoms with Gasteiger partial charge in [0.05, 0.1) is 6.20 Å². The van der Waals surface area contributed by atoms with Crippen molar-refractivity contribution in [3.8, 4) is 0 Å². The van der Waals surface area contributed by atoms with Gasteiger partial charge >= 0.3 is 0 Å². The van der Waals surface area contributed by atoms with E-state index in [1.807, 2.05) is 10.9 Å². The fourth-order valence-corrected chi connectivity index (χ4v) is 1.60. The highest BCUT2D eigenvalue weighted by atomic mass is 15.3. The van der Waals surface area contributed by atoms with Gasteiger partial charge in [-0.1, -0.05) is 6.92 Å². The van der Waals surface area contributed by atoms with Gasteiger partial charge in [0.2, 0.25) is 0 Å². The Hall–Kier alpha value is -0.870. The summed E-state index contributed by atoms with van der Waals surface area (Å²) in [6, 6.07) is 0.687. The van der Waals surface area contributed by atoms with E-state index in [4.69, 9.17) is 5.73 Å². The quantitative estimate of drug-likeness (QED) is 0.799. The molecule has 0 amide bonds. The lowest BCUT2D eigenvalue weighted by molar-refractivity contribution is 0.263. The van der Waals surface area contributed by atoms with Crippen molar-refractivity contribution in [1.82, 2.24) is 14.7 Å². The maximum Gasteiger partial charge on any atom is 0.0538 e. The standard InChI is InChI=1S/C11H22N4/c1-5-14(4)11(6-12)10-7-13-15(8-10)9(2)3/h7-9,11H,5-6,12H2,1-4H3. The summed E-state index contributed by atoms with van der Waals surface area (Å²) in [6.45, 7) is 8.01. The Balaban J connectivity index is 2.83. The van der Waals surface area contributed by atoms with E-state index in [0.29, 0.717) is 12.6 Å². The third kappa shape index (κ3) is 2.79. The first-order chi connectivity index (χ1) is 7.10. The van der Waals surface area contributed by atoms with E-state index in [0.717, 1.165) is 6.54 Å². The van der Waals surface area contributed by atoms with Crippen molar-refractivity contribution in [2.45, 2.75) is 32.9 Å². The molecule has 0 saturated heterocycles. The summed E-state index contributed by atoms with van der Waals surface area (Å²) in [5.41, 5.74) is 6.99. The first-order valence-electron chi connectivity index (χ1n) is 5.54. The van der Waals surface area contributed by atoms with Gasteiger partial charge in [-0.3, -0.25) is 9.58 Å². The Morgan fingerprint density at radius 1 is 1.53 bits per heavy atom. The first-order valence-corrected chi connectivity index (χ1v) is 5.54. The Morgan fingerprint density at radius 2 is 2.20 bits per heavy atom. The molecule has 0 aliphatic heterocycles. The summed E-state index contributed by atoms with van der Waals surface area (Å²) in [5, 5.41) is 4.34. The van der Waals surface area contributed by atoms with Crippen molar-refractivity contribution in [3.05, 3.63) is 18.0 Å². The topological polar surface area (TPSA) is 47.1 Å². The first kappa shape index (κ1) is 12.2. The Labute approximate surface area is 92.1 Å². The molecular weight excluding hydrogens is 188 g/mol. The molecule has 1 unspecified atom stereocenters. The van der Waals surface area contributed by atoms with Crippen molar-refractivity contribution < 1.29 is 0 Å². The van der Waals surface area contributed by atoms with Crippen LogP contribution in [0.1, 0.15) is 38.4 Å². The molecule has 2 N–H and O–H groups in total. The number of aromatic nitrogens is 2. The summed E-state index contributed by atoms with van der Waals surface area (Å²) in [6.07, 6.45) is 4.01. The molecule has 15 heavy (non-hydrogen) atoms. The molecule has 1 heterocycles. The second kappa shape index (κ2) is 5.28. The zero-order valence-electron chi connectivity index (χ0n) is 10.1. The average Bonchev–Trinajstić information content (AvgIpc) is 2.68. The Morgan fingerprint density at radius 3 is 2.60 bits per heavy atom. The van der Waals surface area contributed by atoms with Gasteiger partial charge in [-0.05, 0) is 27.4 Å². The lowest BCUT2D eigenvalue weighted by Gasteiger charge is -2.24. The number of likely N-dealkylation sites (N-methyl/N-ethyl adjacent to an activating group) is 1. The Bertz CT molecular complexity index is 293. The molecule has 0 fully saturated rings. The van der Waals surface area contributed by atoms with Gasteiger partial charge in [0, 0.05) is 30.4 Å². The molecule has 0 aliphatic carbocycles. The van der Waals surface area contributed by atoms with Crippen LogP contribution in [0.4, 0.5) is 0 Å². The number of hydrogen-bond acceptors (Lipinski definition) is 3. The zero-order chi connectivity index (χ0) is 11.4. The van der Waals surface area contributed by atoms with Crippen molar-refractivity contribution >= 4 is 0 Å². The molecule has 0 radical (unpaired) electrons.